The van der Waals surface area contributed by atoms with Crippen molar-refractivity contribution in [2.75, 3.05) is 50.1 Å². The van der Waals surface area contributed by atoms with Crippen LogP contribution in [0.2, 0.25) is 0 Å². The SMILES string of the molecule is CN(CC(=O)Nc1ccc(N2CCOCC2)cc1)C(=O)C[C@@](C)(O)C(F)(F)F. The number of anilines is 2. The quantitative estimate of drug-likeness (QED) is 0.755. The monoisotopic (exact) mass is 403 g/mol. The Morgan fingerprint density at radius 2 is 1.79 bits per heavy atom. The topological polar surface area (TPSA) is 82.1 Å². The van der Waals surface area contributed by atoms with Crippen molar-refractivity contribution in [3.8, 4) is 0 Å². The molecule has 0 saturated carbocycles. The molecule has 0 unspecified atom stereocenters. The van der Waals surface area contributed by atoms with E-state index >= 15 is 0 Å². The molecule has 0 aromatic heterocycles. The van der Waals surface area contributed by atoms with Crippen LogP contribution in [0.4, 0.5) is 24.5 Å². The minimum atomic E-state index is -4.94. The Bertz CT molecular complexity index is 686. The third kappa shape index (κ3) is 5.83. The van der Waals surface area contributed by atoms with Crippen LogP contribution in [0.5, 0.6) is 0 Å². The van der Waals surface area contributed by atoms with E-state index in [-0.39, 0.29) is 0 Å². The van der Waals surface area contributed by atoms with E-state index in [4.69, 9.17) is 4.74 Å². The van der Waals surface area contributed by atoms with Crippen LogP contribution in [0.1, 0.15) is 13.3 Å². The smallest absolute Gasteiger partial charge is 0.380 e. The fraction of sp³-hybridized carbons (Fsp3) is 0.556. The first-order chi connectivity index (χ1) is 13.0. The van der Waals surface area contributed by atoms with Crippen LogP contribution < -0.4 is 10.2 Å². The molecule has 2 N–H and O–H groups in total. The second-order valence-electron chi connectivity index (χ2n) is 6.89. The zero-order valence-electron chi connectivity index (χ0n) is 15.8. The Kier molecular flexibility index (Phi) is 6.89. The van der Waals surface area contributed by atoms with E-state index in [2.05, 4.69) is 10.2 Å². The Hall–Kier alpha value is -2.33. The van der Waals surface area contributed by atoms with Crippen molar-refractivity contribution in [2.24, 2.45) is 0 Å². The van der Waals surface area contributed by atoms with Crippen LogP contribution in [-0.4, -0.2) is 73.5 Å². The highest BCUT2D eigenvalue weighted by Crippen LogP contribution is 2.32. The summed E-state index contributed by atoms with van der Waals surface area (Å²) < 4.78 is 43.3. The molecule has 1 aromatic rings. The highest BCUT2D eigenvalue weighted by molar-refractivity contribution is 5.94. The number of likely N-dealkylation sites (N-methyl/N-ethyl adjacent to an activating group) is 1. The summed E-state index contributed by atoms with van der Waals surface area (Å²) in [5.74, 6) is -1.54. The van der Waals surface area contributed by atoms with Gasteiger partial charge in [0.2, 0.25) is 11.8 Å². The summed E-state index contributed by atoms with van der Waals surface area (Å²) in [7, 11) is 1.20. The van der Waals surface area contributed by atoms with E-state index in [1.165, 1.54) is 7.05 Å². The average Bonchev–Trinajstić information content (AvgIpc) is 2.61. The summed E-state index contributed by atoms with van der Waals surface area (Å²) in [6.07, 6.45) is -6.09. The van der Waals surface area contributed by atoms with Crippen molar-refractivity contribution >= 4 is 23.2 Å². The molecule has 1 fully saturated rings. The lowest BCUT2D eigenvalue weighted by Gasteiger charge is -2.29. The zero-order valence-corrected chi connectivity index (χ0v) is 15.8. The molecule has 2 amide bonds. The summed E-state index contributed by atoms with van der Waals surface area (Å²) in [4.78, 5) is 26.9. The Balaban J connectivity index is 1.86. The molecule has 0 aliphatic carbocycles. The number of amides is 2. The second kappa shape index (κ2) is 8.78. The summed E-state index contributed by atoms with van der Waals surface area (Å²) in [5, 5.41) is 12.0. The van der Waals surface area contributed by atoms with Crippen LogP contribution in [0, 0.1) is 0 Å². The molecule has 1 saturated heterocycles. The molecular formula is C18H24F3N3O4. The third-order valence-electron chi connectivity index (χ3n) is 4.44. The number of hydrogen-bond acceptors (Lipinski definition) is 5. The number of alkyl halides is 3. The maximum absolute atomic E-state index is 12.7. The van der Waals surface area contributed by atoms with Crippen molar-refractivity contribution < 1.29 is 32.6 Å². The Morgan fingerprint density at radius 1 is 1.21 bits per heavy atom. The lowest BCUT2D eigenvalue weighted by molar-refractivity contribution is -0.254. The predicted octanol–water partition coefficient (Wildman–Crippen LogP) is 1.62. The first-order valence-corrected chi connectivity index (χ1v) is 8.75. The normalized spacial score (nSPS) is 17.0. The van der Waals surface area contributed by atoms with Crippen LogP contribution >= 0.6 is 0 Å². The molecule has 2 rings (SSSR count). The van der Waals surface area contributed by atoms with E-state index in [0.717, 1.165) is 23.7 Å². The fourth-order valence-corrected chi connectivity index (χ4v) is 2.61. The van der Waals surface area contributed by atoms with Gasteiger partial charge in [-0.3, -0.25) is 9.59 Å². The van der Waals surface area contributed by atoms with Gasteiger partial charge in [-0.15, -0.1) is 0 Å². The van der Waals surface area contributed by atoms with Gasteiger partial charge in [-0.25, -0.2) is 0 Å². The van der Waals surface area contributed by atoms with Crippen molar-refractivity contribution in [2.45, 2.75) is 25.1 Å². The molecule has 0 radical (unpaired) electrons. The van der Waals surface area contributed by atoms with Gasteiger partial charge >= 0.3 is 6.18 Å². The maximum atomic E-state index is 12.7. The molecule has 1 aromatic carbocycles. The predicted molar refractivity (Wildman–Crippen MR) is 97.0 cm³/mol. The van der Waals surface area contributed by atoms with Gasteiger partial charge in [-0.1, -0.05) is 0 Å². The van der Waals surface area contributed by atoms with E-state index < -0.39 is 36.6 Å². The molecule has 1 heterocycles. The molecule has 1 atom stereocenters. The van der Waals surface area contributed by atoms with Gasteiger partial charge < -0.3 is 25.0 Å². The molecule has 1 aliphatic rings. The van der Waals surface area contributed by atoms with Crippen molar-refractivity contribution in [1.82, 2.24) is 4.90 Å². The van der Waals surface area contributed by atoms with Crippen LogP contribution in [0.3, 0.4) is 0 Å². The highest BCUT2D eigenvalue weighted by Gasteiger charge is 2.51. The summed E-state index contributed by atoms with van der Waals surface area (Å²) in [6.45, 7) is 2.95. The average molecular weight is 403 g/mol. The lowest BCUT2D eigenvalue weighted by atomic mass is 10.0. The minimum Gasteiger partial charge on any atom is -0.380 e. The largest absolute Gasteiger partial charge is 0.417 e. The Morgan fingerprint density at radius 3 is 2.32 bits per heavy atom. The number of rotatable bonds is 6. The molecule has 0 bridgehead atoms. The van der Waals surface area contributed by atoms with Gasteiger partial charge in [-0.05, 0) is 31.2 Å². The van der Waals surface area contributed by atoms with Gasteiger partial charge in [0.15, 0.2) is 5.60 Å². The molecule has 156 valence electrons. The minimum absolute atomic E-state index is 0.433. The number of halogens is 3. The van der Waals surface area contributed by atoms with E-state index in [1.54, 1.807) is 12.1 Å². The number of morpholine rings is 1. The van der Waals surface area contributed by atoms with Gasteiger partial charge in [0.1, 0.15) is 0 Å². The molecule has 28 heavy (non-hydrogen) atoms. The number of aliphatic hydroxyl groups is 1. The van der Waals surface area contributed by atoms with E-state index in [1.807, 2.05) is 12.1 Å². The first-order valence-electron chi connectivity index (χ1n) is 8.75. The van der Waals surface area contributed by atoms with Crippen LogP contribution in [-0.2, 0) is 14.3 Å². The fourth-order valence-electron chi connectivity index (χ4n) is 2.61. The van der Waals surface area contributed by atoms with Crippen LogP contribution in [0.25, 0.3) is 0 Å². The number of carbonyl (C=O) groups is 2. The molecule has 1 aliphatic heterocycles. The summed E-state index contributed by atoms with van der Waals surface area (Å²) >= 11 is 0. The molecule has 7 nitrogen and oxygen atoms in total. The number of nitrogens with zero attached hydrogens (tertiary/aromatic N) is 2. The molecular weight excluding hydrogens is 379 g/mol. The van der Waals surface area contributed by atoms with Gasteiger partial charge in [-0.2, -0.15) is 13.2 Å². The number of carbonyl (C=O) groups excluding carboxylic acids is 2. The standard InChI is InChI=1S/C18H24F3N3O4/c1-17(27,18(19,20)21)11-16(26)23(2)12-15(25)22-13-3-5-14(6-4-13)24-7-9-28-10-8-24/h3-6,27H,7-12H2,1-2H3,(H,22,25)/t17-/m1/s1. The Labute approximate surface area is 161 Å². The van der Waals surface area contributed by atoms with Crippen molar-refractivity contribution in [3.63, 3.8) is 0 Å². The van der Waals surface area contributed by atoms with Crippen molar-refractivity contribution in [1.29, 1.82) is 0 Å². The number of ether oxygens (including phenoxy) is 1. The highest BCUT2D eigenvalue weighted by atomic mass is 19.4. The maximum Gasteiger partial charge on any atom is 0.417 e. The van der Waals surface area contributed by atoms with Crippen LogP contribution in [0.15, 0.2) is 24.3 Å². The third-order valence-corrected chi connectivity index (χ3v) is 4.44. The number of benzene rings is 1. The summed E-state index contributed by atoms with van der Waals surface area (Å²) in [5.41, 5.74) is -1.66. The lowest BCUT2D eigenvalue weighted by Crippen LogP contribution is -2.47. The van der Waals surface area contributed by atoms with E-state index in [0.29, 0.717) is 25.8 Å². The summed E-state index contributed by atoms with van der Waals surface area (Å²) in [6, 6.07) is 7.10. The van der Waals surface area contributed by atoms with Crippen molar-refractivity contribution in [3.05, 3.63) is 24.3 Å². The number of hydrogen-bond donors (Lipinski definition) is 2. The number of nitrogens with one attached hydrogen (secondary N) is 1. The molecule has 10 heteroatoms. The van der Waals surface area contributed by atoms with Gasteiger partial charge in [0, 0.05) is 31.5 Å². The van der Waals surface area contributed by atoms with E-state index in [9.17, 15) is 27.9 Å². The zero-order chi connectivity index (χ0) is 20.9. The van der Waals surface area contributed by atoms with Gasteiger partial charge in [0.25, 0.3) is 0 Å². The van der Waals surface area contributed by atoms with Gasteiger partial charge in [0.05, 0.1) is 26.2 Å². The molecule has 0 spiro atoms. The first kappa shape index (κ1) is 22.0. The second-order valence-corrected chi connectivity index (χ2v) is 6.89.